The Kier molecular flexibility index (Phi) is 9.20. The molecule has 0 unspecified atom stereocenters. The van der Waals surface area contributed by atoms with Crippen LogP contribution < -0.4 is 0 Å². The molecule has 0 saturated heterocycles. The van der Waals surface area contributed by atoms with Crippen molar-refractivity contribution in [3.8, 4) is 44.5 Å². The van der Waals surface area contributed by atoms with Crippen LogP contribution in [0.5, 0.6) is 0 Å². The van der Waals surface area contributed by atoms with Crippen LogP contribution >= 0.6 is 0 Å². The average Bonchev–Trinajstić information content (AvgIpc) is 4.08. The highest BCUT2D eigenvalue weighted by Crippen LogP contribution is 2.41. The number of rotatable bonds is 8. The summed E-state index contributed by atoms with van der Waals surface area (Å²) in [7, 11) is 0. The monoisotopic (exact) mass is 718 g/mol. The minimum Gasteiger partial charge on any atom is -0.354 e. The van der Waals surface area contributed by atoms with Crippen molar-refractivity contribution < 1.29 is 0 Å². The summed E-state index contributed by atoms with van der Waals surface area (Å²) in [4.78, 5) is 18.8. The number of nitrogens with zero attached hydrogens (tertiary/aromatic N) is 2. The Morgan fingerprint density at radius 3 is 1.48 bits per heavy atom. The fourth-order valence-electron chi connectivity index (χ4n) is 7.64. The molecular weight excluding hydrogens is 681 g/mol. The summed E-state index contributed by atoms with van der Waals surface area (Å²) >= 11 is 0. The number of hydrogen-bond donors (Lipinski definition) is 2. The molecule has 0 amide bonds. The van der Waals surface area contributed by atoms with Crippen molar-refractivity contribution in [3.05, 3.63) is 211 Å². The van der Waals surface area contributed by atoms with Gasteiger partial charge in [0.25, 0.3) is 0 Å². The maximum atomic E-state index is 5.57. The van der Waals surface area contributed by atoms with Gasteiger partial charge in [0.2, 0.25) is 0 Å². The number of allylic oxidation sites excluding steroid dienone is 6. The number of nitrogens with one attached hydrogen (secondary N) is 2. The molecule has 2 N–H and O–H groups in total. The summed E-state index contributed by atoms with van der Waals surface area (Å²) in [5.41, 5.74) is 17.4. The van der Waals surface area contributed by atoms with Gasteiger partial charge >= 0.3 is 0 Å². The molecule has 2 aliphatic heterocycles. The van der Waals surface area contributed by atoms with E-state index in [-0.39, 0.29) is 0 Å². The minimum absolute atomic E-state index is 0.855. The van der Waals surface area contributed by atoms with E-state index in [2.05, 4.69) is 169 Å². The second-order valence-electron chi connectivity index (χ2n) is 13.6. The Morgan fingerprint density at radius 2 is 0.929 bits per heavy atom. The zero-order valence-electron chi connectivity index (χ0n) is 30.8. The molecule has 0 fully saturated rings. The van der Waals surface area contributed by atoms with Crippen molar-refractivity contribution in [2.45, 2.75) is 0 Å². The van der Waals surface area contributed by atoms with E-state index in [1.165, 1.54) is 0 Å². The van der Waals surface area contributed by atoms with Crippen LogP contribution in [-0.4, -0.2) is 19.9 Å². The second-order valence-corrected chi connectivity index (χ2v) is 13.6. The van der Waals surface area contributed by atoms with Gasteiger partial charge in [-0.15, -0.1) is 0 Å². The molecule has 7 aromatic rings. The highest BCUT2D eigenvalue weighted by atomic mass is 14.8. The second kappa shape index (κ2) is 15.1. The number of aromatic amines is 2. The predicted molar refractivity (Wildman–Crippen MR) is 238 cm³/mol. The third kappa shape index (κ3) is 6.40. The smallest absolute Gasteiger partial charge is 0.0809 e. The molecule has 0 atom stereocenters. The molecule has 3 aromatic heterocycles. The lowest BCUT2D eigenvalue weighted by atomic mass is 9.99. The first kappa shape index (κ1) is 34.2. The molecule has 8 bridgehead atoms. The van der Waals surface area contributed by atoms with Crippen LogP contribution in [0.2, 0.25) is 0 Å². The number of H-pyrrole nitrogens is 2. The molecule has 0 spiro atoms. The topological polar surface area (TPSA) is 57.4 Å². The SMILES string of the molecule is C=C/C=C/C1=Cc2nc1c(-c1ccccc1)c1cc(/C=C/C=C)c([nH]1)c(-c1ccccc1)c1nc(c(-c3ccccc3)c3ccc([nH]3)c2-c2ccccc2)C=C1. The molecule has 2 aliphatic rings. The van der Waals surface area contributed by atoms with Gasteiger partial charge in [0.1, 0.15) is 0 Å². The summed E-state index contributed by atoms with van der Waals surface area (Å²) in [6, 6.07) is 48.5. The lowest BCUT2D eigenvalue weighted by Crippen LogP contribution is -1.90. The third-order valence-electron chi connectivity index (χ3n) is 10.1. The average molecular weight is 719 g/mol. The molecule has 56 heavy (non-hydrogen) atoms. The molecule has 4 heteroatoms. The molecule has 0 radical (unpaired) electrons. The zero-order chi connectivity index (χ0) is 37.8. The van der Waals surface area contributed by atoms with E-state index < -0.39 is 0 Å². The van der Waals surface area contributed by atoms with Crippen LogP contribution in [0.3, 0.4) is 0 Å². The summed E-state index contributed by atoms with van der Waals surface area (Å²) in [5.74, 6) is 0. The Labute approximate surface area is 326 Å². The standard InChI is InChI=1S/C52H38N4/c1-3-5-19-39-33-45-48(36-23-13-8-14-24-36)43-30-29-41(53-43)47(35-21-11-7-12-22-35)42-31-32-44(54-42)49(37-25-15-9-16-26-37)51-40(20-6-4-2)34-46(56-51)50(52(39)55-45)38-27-17-10-18-28-38/h3-34,53,56H,1-2H2/b19-5+,20-6+,47-41?,47-42?,48-43?,48-45?,49-44?,50-46?,51-49?,52-50?. The first-order valence-corrected chi connectivity index (χ1v) is 18.7. The number of fused-ring (bicyclic) bond motifs is 8. The van der Waals surface area contributed by atoms with E-state index in [1.54, 1.807) is 6.08 Å². The fourth-order valence-corrected chi connectivity index (χ4v) is 7.64. The van der Waals surface area contributed by atoms with E-state index >= 15 is 0 Å². The number of hydrogen-bond acceptors (Lipinski definition) is 2. The van der Waals surface area contributed by atoms with Crippen LogP contribution in [0.15, 0.2) is 183 Å². The van der Waals surface area contributed by atoms with Gasteiger partial charge in [-0.1, -0.05) is 171 Å². The molecule has 0 aliphatic carbocycles. The predicted octanol–water partition coefficient (Wildman–Crippen LogP) is 13.6. The van der Waals surface area contributed by atoms with E-state index in [0.717, 1.165) is 100 Å². The maximum absolute atomic E-state index is 5.57. The Bertz CT molecular complexity index is 2900. The minimum atomic E-state index is 0.855. The van der Waals surface area contributed by atoms with Crippen LogP contribution in [-0.2, 0) is 0 Å². The molecule has 9 rings (SSSR count). The Morgan fingerprint density at radius 1 is 0.446 bits per heavy atom. The van der Waals surface area contributed by atoms with Gasteiger partial charge in [0.15, 0.2) is 0 Å². The lowest BCUT2D eigenvalue weighted by Gasteiger charge is -2.08. The molecule has 0 saturated carbocycles. The maximum Gasteiger partial charge on any atom is 0.0809 e. The van der Waals surface area contributed by atoms with Gasteiger partial charge in [0.05, 0.1) is 28.3 Å². The Balaban J connectivity index is 1.56. The van der Waals surface area contributed by atoms with Gasteiger partial charge in [-0.3, -0.25) is 0 Å². The number of aromatic nitrogens is 4. The highest BCUT2D eigenvalue weighted by molar-refractivity contribution is 6.05. The van der Waals surface area contributed by atoms with Gasteiger partial charge in [0, 0.05) is 49.9 Å². The summed E-state index contributed by atoms with van der Waals surface area (Å²) in [6.45, 7) is 8.01. The van der Waals surface area contributed by atoms with Crippen molar-refractivity contribution in [2.75, 3.05) is 0 Å². The third-order valence-corrected chi connectivity index (χ3v) is 10.1. The molecule has 5 heterocycles. The van der Waals surface area contributed by atoms with E-state index in [9.17, 15) is 0 Å². The van der Waals surface area contributed by atoms with E-state index in [4.69, 9.17) is 9.97 Å². The van der Waals surface area contributed by atoms with Gasteiger partial charge in [-0.2, -0.15) is 0 Å². The summed E-state index contributed by atoms with van der Waals surface area (Å²) in [5, 5.41) is 0. The van der Waals surface area contributed by atoms with Crippen molar-refractivity contribution in [2.24, 2.45) is 0 Å². The first-order chi connectivity index (χ1) is 27.7. The van der Waals surface area contributed by atoms with Crippen molar-refractivity contribution >= 4 is 51.9 Å². The Hall–Kier alpha value is -7.56. The molecular formula is C52H38N4. The van der Waals surface area contributed by atoms with Crippen molar-refractivity contribution in [1.29, 1.82) is 0 Å². The van der Waals surface area contributed by atoms with E-state index in [1.807, 2.05) is 42.5 Å². The fraction of sp³-hybridized carbons (Fsp3) is 0. The number of benzene rings is 4. The lowest BCUT2D eigenvalue weighted by molar-refractivity contribution is 1.30. The summed E-state index contributed by atoms with van der Waals surface area (Å²) < 4.78 is 0. The first-order valence-electron chi connectivity index (χ1n) is 18.7. The molecule has 4 nitrogen and oxygen atoms in total. The molecule has 266 valence electrons. The quantitative estimate of drug-likeness (QED) is 0.154. The zero-order valence-corrected chi connectivity index (χ0v) is 30.8. The van der Waals surface area contributed by atoms with Gasteiger partial charge < -0.3 is 9.97 Å². The van der Waals surface area contributed by atoms with E-state index in [0.29, 0.717) is 0 Å². The largest absolute Gasteiger partial charge is 0.354 e. The molecule has 4 aromatic carbocycles. The highest BCUT2D eigenvalue weighted by Gasteiger charge is 2.22. The van der Waals surface area contributed by atoms with Crippen LogP contribution in [0.4, 0.5) is 0 Å². The van der Waals surface area contributed by atoms with Crippen molar-refractivity contribution in [1.82, 2.24) is 19.9 Å². The van der Waals surface area contributed by atoms with Gasteiger partial charge in [-0.25, -0.2) is 9.97 Å². The summed E-state index contributed by atoms with van der Waals surface area (Å²) in [6.07, 6.45) is 18.2. The van der Waals surface area contributed by atoms with Crippen molar-refractivity contribution in [3.63, 3.8) is 0 Å². The van der Waals surface area contributed by atoms with Crippen LogP contribution in [0.1, 0.15) is 28.3 Å². The normalized spacial score (nSPS) is 12.3. The van der Waals surface area contributed by atoms with Gasteiger partial charge in [-0.05, 0) is 58.7 Å². The van der Waals surface area contributed by atoms with Crippen LogP contribution in [0.25, 0.3) is 96.5 Å². The van der Waals surface area contributed by atoms with Crippen LogP contribution in [0, 0.1) is 0 Å².